The molecule has 1 heterocycles. The van der Waals surface area contributed by atoms with Crippen molar-refractivity contribution in [3.8, 4) is 11.5 Å². The van der Waals surface area contributed by atoms with Crippen LogP contribution in [-0.2, 0) is 9.53 Å². The molecule has 23 heavy (non-hydrogen) atoms. The molecule has 1 saturated heterocycles. The zero-order chi connectivity index (χ0) is 16.6. The SMILES string of the molecule is C=CC1=C(C=C)C(c2ccc(O)c(OC)c2)C2COC(=O)C2C1. The molecule has 3 atom stereocenters. The van der Waals surface area contributed by atoms with Gasteiger partial charge in [0.05, 0.1) is 19.6 Å². The molecule has 3 rings (SSSR count). The normalized spacial score (nSPS) is 26.5. The minimum Gasteiger partial charge on any atom is -0.504 e. The van der Waals surface area contributed by atoms with Crippen LogP contribution in [0, 0.1) is 11.8 Å². The topological polar surface area (TPSA) is 55.8 Å². The van der Waals surface area contributed by atoms with Gasteiger partial charge < -0.3 is 14.6 Å². The molecule has 1 aliphatic heterocycles. The van der Waals surface area contributed by atoms with Crippen molar-refractivity contribution in [3.05, 3.63) is 60.2 Å². The Labute approximate surface area is 135 Å². The van der Waals surface area contributed by atoms with Crippen LogP contribution in [-0.4, -0.2) is 24.8 Å². The van der Waals surface area contributed by atoms with Crippen LogP contribution in [0.5, 0.6) is 11.5 Å². The highest BCUT2D eigenvalue weighted by atomic mass is 16.5. The average Bonchev–Trinajstić information content (AvgIpc) is 2.94. The van der Waals surface area contributed by atoms with Crippen molar-refractivity contribution in [1.82, 2.24) is 0 Å². The van der Waals surface area contributed by atoms with E-state index < -0.39 is 0 Å². The third kappa shape index (κ3) is 2.44. The van der Waals surface area contributed by atoms with Gasteiger partial charge in [0, 0.05) is 11.8 Å². The molecule has 1 aromatic rings. The molecule has 120 valence electrons. The number of carbonyl (C=O) groups excluding carboxylic acids is 1. The van der Waals surface area contributed by atoms with E-state index in [-0.39, 0.29) is 29.5 Å². The lowest BCUT2D eigenvalue weighted by Crippen LogP contribution is -2.29. The number of benzene rings is 1. The lowest BCUT2D eigenvalue weighted by atomic mass is 9.67. The molecule has 1 aliphatic carbocycles. The molecule has 0 aromatic heterocycles. The summed E-state index contributed by atoms with van der Waals surface area (Å²) in [4.78, 5) is 12.0. The lowest BCUT2D eigenvalue weighted by molar-refractivity contribution is -0.141. The number of cyclic esters (lactones) is 1. The van der Waals surface area contributed by atoms with Gasteiger partial charge in [0.25, 0.3) is 0 Å². The fourth-order valence-electron chi connectivity index (χ4n) is 3.70. The standard InChI is InChI=1S/C19H20O4/c1-4-11-8-14-15(10-23-19(14)21)18(13(11)5-2)12-6-7-16(20)17(9-12)22-3/h4-7,9,14-15,18,20H,1-2,8,10H2,3H3. The van der Waals surface area contributed by atoms with Crippen LogP contribution in [0.25, 0.3) is 0 Å². The van der Waals surface area contributed by atoms with Gasteiger partial charge in [-0.1, -0.05) is 31.4 Å². The Balaban J connectivity index is 2.14. The van der Waals surface area contributed by atoms with Crippen molar-refractivity contribution in [2.24, 2.45) is 11.8 Å². The van der Waals surface area contributed by atoms with Crippen molar-refractivity contribution >= 4 is 5.97 Å². The van der Waals surface area contributed by atoms with Gasteiger partial charge in [0.1, 0.15) is 0 Å². The Kier molecular flexibility index (Phi) is 3.99. The van der Waals surface area contributed by atoms with Crippen LogP contribution in [0.4, 0.5) is 0 Å². The monoisotopic (exact) mass is 312 g/mol. The van der Waals surface area contributed by atoms with E-state index in [0.29, 0.717) is 18.8 Å². The molecule has 0 saturated carbocycles. The van der Waals surface area contributed by atoms with Crippen LogP contribution in [0.2, 0.25) is 0 Å². The van der Waals surface area contributed by atoms with Crippen molar-refractivity contribution < 1.29 is 19.4 Å². The minimum absolute atomic E-state index is 0.0276. The zero-order valence-electron chi connectivity index (χ0n) is 13.1. The summed E-state index contributed by atoms with van der Waals surface area (Å²) in [5.41, 5.74) is 3.06. The molecule has 0 radical (unpaired) electrons. The van der Waals surface area contributed by atoms with Crippen LogP contribution >= 0.6 is 0 Å². The van der Waals surface area contributed by atoms with E-state index in [1.54, 1.807) is 12.1 Å². The Bertz CT molecular complexity index is 701. The van der Waals surface area contributed by atoms with E-state index in [0.717, 1.165) is 16.7 Å². The molecule has 0 spiro atoms. The molecular formula is C19H20O4. The van der Waals surface area contributed by atoms with Gasteiger partial charge in [-0.3, -0.25) is 4.79 Å². The second-order valence-corrected chi connectivity index (χ2v) is 5.90. The maximum absolute atomic E-state index is 12.0. The highest BCUT2D eigenvalue weighted by molar-refractivity contribution is 5.76. The number of methoxy groups -OCH3 is 1. The van der Waals surface area contributed by atoms with E-state index in [1.165, 1.54) is 7.11 Å². The molecule has 0 amide bonds. The Morgan fingerprint density at radius 2 is 2.13 bits per heavy atom. The molecule has 3 unspecified atom stereocenters. The largest absolute Gasteiger partial charge is 0.504 e. The van der Waals surface area contributed by atoms with Crippen LogP contribution in [0.1, 0.15) is 17.9 Å². The number of phenols is 1. The summed E-state index contributed by atoms with van der Waals surface area (Å²) in [5, 5.41) is 9.83. The van der Waals surface area contributed by atoms with E-state index in [1.807, 2.05) is 18.2 Å². The molecule has 0 bridgehead atoms. The van der Waals surface area contributed by atoms with Crippen LogP contribution < -0.4 is 4.74 Å². The smallest absolute Gasteiger partial charge is 0.309 e. The summed E-state index contributed by atoms with van der Waals surface area (Å²) in [6.07, 6.45) is 4.27. The molecule has 1 N–H and O–H groups in total. The van der Waals surface area contributed by atoms with Gasteiger partial charge in [-0.25, -0.2) is 0 Å². The summed E-state index contributed by atoms with van der Waals surface area (Å²) in [6, 6.07) is 5.29. The Morgan fingerprint density at radius 3 is 2.78 bits per heavy atom. The van der Waals surface area contributed by atoms with Crippen molar-refractivity contribution in [1.29, 1.82) is 0 Å². The number of carbonyl (C=O) groups is 1. The van der Waals surface area contributed by atoms with Crippen molar-refractivity contribution in [2.75, 3.05) is 13.7 Å². The number of rotatable bonds is 4. The van der Waals surface area contributed by atoms with Gasteiger partial charge in [0.2, 0.25) is 0 Å². The molecule has 4 nitrogen and oxygen atoms in total. The highest BCUT2D eigenvalue weighted by Gasteiger charge is 2.46. The van der Waals surface area contributed by atoms with Crippen molar-refractivity contribution in [2.45, 2.75) is 12.3 Å². The summed E-state index contributed by atoms with van der Waals surface area (Å²) >= 11 is 0. The number of phenolic OH excluding ortho intramolecular Hbond substituents is 1. The second-order valence-electron chi connectivity index (χ2n) is 5.90. The molecule has 1 fully saturated rings. The predicted molar refractivity (Wildman–Crippen MR) is 87.4 cm³/mol. The van der Waals surface area contributed by atoms with Crippen LogP contribution in [0.15, 0.2) is 54.7 Å². The van der Waals surface area contributed by atoms with Gasteiger partial charge in [0.15, 0.2) is 11.5 Å². The fraction of sp³-hybridized carbons (Fsp3) is 0.316. The number of ether oxygens (including phenoxy) is 2. The lowest BCUT2D eigenvalue weighted by Gasteiger charge is -2.34. The first-order valence-corrected chi connectivity index (χ1v) is 7.62. The number of aromatic hydroxyl groups is 1. The van der Waals surface area contributed by atoms with Gasteiger partial charge in [-0.15, -0.1) is 0 Å². The number of fused-ring (bicyclic) bond motifs is 1. The molecular weight excluding hydrogens is 292 g/mol. The van der Waals surface area contributed by atoms with Crippen LogP contribution in [0.3, 0.4) is 0 Å². The second kappa shape index (κ2) is 5.95. The summed E-state index contributed by atoms with van der Waals surface area (Å²) in [7, 11) is 1.52. The average molecular weight is 312 g/mol. The number of esters is 1. The molecule has 1 aromatic carbocycles. The van der Waals surface area contributed by atoms with Gasteiger partial charge >= 0.3 is 5.97 Å². The third-order valence-electron chi connectivity index (χ3n) is 4.84. The zero-order valence-corrected chi connectivity index (χ0v) is 13.1. The minimum atomic E-state index is -0.156. The third-order valence-corrected chi connectivity index (χ3v) is 4.84. The predicted octanol–water partition coefficient (Wildman–Crippen LogP) is 3.35. The summed E-state index contributed by atoms with van der Waals surface area (Å²) < 4.78 is 10.5. The molecule has 2 aliphatic rings. The van der Waals surface area contributed by atoms with E-state index in [9.17, 15) is 9.90 Å². The summed E-state index contributed by atoms with van der Waals surface area (Å²) in [5.74, 6) is 0.243. The quantitative estimate of drug-likeness (QED) is 0.866. The first-order valence-electron chi connectivity index (χ1n) is 7.62. The number of hydrogen-bond acceptors (Lipinski definition) is 4. The Morgan fingerprint density at radius 1 is 1.35 bits per heavy atom. The maximum atomic E-state index is 12.0. The maximum Gasteiger partial charge on any atom is 0.309 e. The van der Waals surface area contributed by atoms with E-state index in [2.05, 4.69) is 13.2 Å². The Hall–Kier alpha value is -2.49. The van der Waals surface area contributed by atoms with Gasteiger partial charge in [-0.05, 0) is 35.3 Å². The summed E-state index contributed by atoms with van der Waals surface area (Å²) in [6.45, 7) is 8.22. The van der Waals surface area contributed by atoms with E-state index >= 15 is 0 Å². The van der Waals surface area contributed by atoms with E-state index in [4.69, 9.17) is 9.47 Å². The highest BCUT2D eigenvalue weighted by Crippen LogP contribution is 2.49. The van der Waals surface area contributed by atoms with Gasteiger partial charge in [-0.2, -0.15) is 0 Å². The first kappa shape index (κ1) is 15.4. The fourth-order valence-corrected chi connectivity index (χ4v) is 3.70. The number of hydrogen-bond donors (Lipinski definition) is 1. The molecule has 4 heteroatoms. The first-order chi connectivity index (χ1) is 11.1. The number of allylic oxidation sites excluding steroid dienone is 4. The van der Waals surface area contributed by atoms with Crippen molar-refractivity contribution in [3.63, 3.8) is 0 Å².